The molecule has 0 aliphatic heterocycles. The molecule has 0 aliphatic rings. The van der Waals surface area contributed by atoms with E-state index in [9.17, 15) is 9.59 Å². The third kappa shape index (κ3) is 6.75. The van der Waals surface area contributed by atoms with E-state index in [4.69, 9.17) is 23.2 Å². The van der Waals surface area contributed by atoms with Crippen molar-refractivity contribution in [1.29, 1.82) is 0 Å². The van der Waals surface area contributed by atoms with Crippen molar-refractivity contribution in [2.24, 2.45) is 0 Å². The third-order valence-corrected chi connectivity index (χ3v) is 5.83. The molecule has 4 nitrogen and oxygen atoms in total. The lowest BCUT2D eigenvalue weighted by Gasteiger charge is -2.32. The van der Waals surface area contributed by atoms with Gasteiger partial charge in [0.1, 0.15) is 6.04 Å². The van der Waals surface area contributed by atoms with Gasteiger partial charge in [0.25, 0.3) is 0 Å². The highest BCUT2D eigenvalue weighted by molar-refractivity contribution is 6.36. The number of carbonyl (C=O) groups excluding carboxylic acids is 2. The van der Waals surface area contributed by atoms with Crippen molar-refractivity contribution in [2.75, 3.05) is 0 Å². The van der Waals surface area contributed by atoms with Gasteiger partial charge in [-0.05, 0) is 37.5 Å². The summed E-state index contributed by atoms with van der Waals surface area (Å²) in [6, 6.07) is 14.3. The van der Waals surface area contributed by atoms with Crippen LogP contribution in [0.25, 0.3) is 0 Å². The predicted molar refractivity (Wildman–Crippen MR) is 124 cm³/mol. The van der Waals surface area contributed by atoms with Gasteiger partial charge in [0.2, 0.25) is 11.8 Å². The summed E-state index contributed by atoms with van der Waals surface area (Å²) >= 11 is 12.8. The summed E-state index contributed by atoms with van der Waals surface area (Å²) in [6.45, 7) is 6.11. The highest BCUT2D eigenvalue weighted by Gasteiger charge is 2.31. The number of hydrogen-bond acceptors (Lipinski definition) is 2. The Labute approximate surface area is 189 Å². The molecule has 2 rings (SSSR count). The molecule has 2 aromatic rings. The van der Waals surface area contributed by atoms with Gasteiger partial charge >= 0.3 is 0 Å². The molecule has 1 N–H and O–H groups in total. The second-order valence-electron chi connectivity index (χ2n) is 7.50. The second kappa shape index (κ2) is 12.0. The summed E-state index contributed by atoms with van der Waals surface area (Å²) in [4.78, 5) is 28.0. The average molecular weight is 449 g/mol. The zero-order chi connectivity index (χ0) is 22.1. The van der Waals surface area contributed by atoms with Gasteiger partial charge in [-0.3, -0.25) is 9.59 Å². The van der Waals surface area contributed by atoms with Crippen molar-refractivity contribution in [2.45, 2.75) is 65.1 Å². The molecule has 2 amide bonds. The number of nitrogens with one attached hydrogen (secondary N) is 1. The molecule has 2 atom stereocenters. The Bertz CT molecular complexity index is 822. The molecule has 0 radical (unpaired) electrons. The number of halogens is 2. The molecule has 6 heteroatoms. The van der Waals surface area contributed by atoms with Crippen LogP contribution in [0.3, 0.4) is 0 Å². The number of carbonyl (C=O) groups is 2. The second-order valence-corrected chi connectivity index (χ2v) is 8.31. The van der Waals surface area contributed by atoms with E-state index in [-0.39, 0.29) is 24.4 Å². The van der Waals surface area contributed by atoms with E-state index in [1.54, 1.807) is 23.1 Å². The molecule has 0 heterocycles. The van der Waals surface area contributed by atoms with E-state index in [1.807, 2.05) is 51.1 Å². The first-order valence-corrected chi connectivity index (χ1v) is 11.2. The first-order chi connectivity index (χ1) is 14.4. The van der Waals surface area contributed by atoms with Crippen molar-refractivity contribution in [1.82, 2.24) is 10.2 Å². The lowest BCUT2D eigenvalue weighted by Crippen LogP contribution is -2.52. The summed E-state index contributed by atoms with van der Waals surface area (Å²) in [5, 5.41) is 4.01. The van der Waals surface area contributed by atoms with E-state index >= 15 is 0 Å². The fourth-order valence-corrected chi connectivity index (χ4v) is 3.72. The highest BCUT2D eigenvalue weighted by Crippen LogP contribution is 2.27. The molecular weight excluding hydrogens is 419 g/mol. The summed E-state index contributed by atoms with van der Waals surface area (Å²) in [7, 11) is 0. The lowest BCUT2D eigenvalue weighted by molar-refractivity contribution is -0.141. The largest absolute Gasteiger partial charge is 0.352 e. The van der Waals surface area contributed by atoms with Crippen LogP contribution in [0.5, 0.6) is 0 Å². The Balaban J connectivity index is 2.44. The molecule has 0 spiro atoms. The molecule has 0 saturated heterocycles. The molecule has 0 fully saturated rings. The average Bonchev–Trinajstić information content (AvgIpc) is 2.73. The SMILES string of the molecule is CCCC(=O)N(Cc1c(Cl)cccc1Cl)C(Cc1ccccc1)C(=O)NC(C)CC. The normalized spacial score (nSPS) is 12.8. The molecule has 0 aromatic heterocycles. The Kier molecular flexibility index (Phi) is 9.67. The van der Waals surface area contributed by atoms with Crippen LogP contribution >= 0.6 is 23.2 Å². The fraction of sp³-hybridized carbons (Fsp3) is 0.417. The van der Waals surface area contributed by atoms with E-state index in [0.29, 0.717) is 34.9 Å². The Morgan fingerprint density at radius 3 is 2.20 bits per heavy atom. The van der Waals surface area contributed by atoms with Gasteiger partial charge in [-0.25, -0.2) is 0 Å². The Morgan fingerprint density at radius 2 is 1.63 bits per heavy atom. The Hall–Kier alpha value is -2.04. The molecule has 0 aliphatic carbocycles. The fourth-order valence-electron chi connectivity index (χ4n) is 3.21. The number of nitrogens with zero attached hydrogens (tertiary/aromatic N) is 1. The van der Waals surface area contributed by atoms with Crippen molar-refractivity contribution in [3.05, 3.63) is 69.7 Å². The predicted octanol–water partition coefficient (Wildman–Crippen LogP) is 5.65. The minimum absolute atomic E-state index is 0.0165. The van der Waals surface area contributed by atoms with E-state index < -0.39 is 6.04 Å². The van der Waals surface area contributed by atoms with Crippen LogP contribution in [0.4, 0.5) is 0 Å². The maximum Gasteiger partial charge on any atom is 0.243 e. The quantitative estimate of drug-likeness (QED) is 0.510. The van der Waals surface area contributed by atoms with Gasteiger partial charge in [0, 0.05) is 41.0 Å². The smallest absolute Gasteiger partial charge is 0.243 e. The van der Waals surface area contributed by atoms with Crippen LogP contribution in [-0.4, -0.2) is 28.8 Å². The van der Waals surface area contributed by atoms with Crippen LogP contribution in [0.15, 0.2) is 48.5 Å². The molecule has 0 saturated carbocycles. The molecule has 30 heavy (non-hydrogen) atoms. The highest BCUT2D eigenvalue weighted by atomic mass is 35.5. The Morgan fingerprint density at radius 1 is 1.00 bits per heavy atom. The zero-order valence-corrected chi connectivity index (χ0v) is 19.3. The lowest BCUT2D eigenvalue weighted by atomic mass is 10.0. The first kappa shape index (κ1) is 24.2. The number of amides is 2. The van der Waals surface area contributed by atoms with Crippen LogP contribution < -0.4 is 5.32 Å². The maximum absolute atomic E-state index is 13.3. The molecule has 162 valence electrons. The van der Waals surface area contributed by atoms with Gasteiger partial charge in [-0.2, -0.15) is 0 Å². The number of benzene rings is 2. The van der Waals surface area contributed by atoms with Crippen molar-refractivity contribution in [3.63, 3.8) is 0 Å². The maximum atomic E-state index is 13.3. The summed E-state index contributed by atoms with van der Waals surface area (Å²) in [6.07, 6.45) is 2.27. The van der Waals surface area contributed by atoms with Gasteiger partial charge in [0.05, 0.1) is 0 Å². The minimum atomic E-state index is -0.659. The van der Waals surface area contributed by atoms with Gasteiger partial charge < -0.3 is 10.2 Å². The summed E-state index contributed by atoms with van der Waals surface area (Å²) < 4.78 is 0. The van der Waals surface area contributed by atoms with Crippen LogP contribution in [-0.2, 0) is 22.6 Å². The van der Waals surface area contributed by atoms with Crippen molar-refractivity contribution >= 4 is 35.0 Å². The van der Waals surface area contributed by atoms with Crippen molar-refractivity contribution in [3.8, 4) is 0 Å². The number of rotatable bonds is 10. The standard InChI is InChI=1S/C24H30Cl2N2O2/c1-4-10-23(29)28(16-19-20(25)13-9-14-21(19)26)22(24(30)27-17(3)5-2)15-18-11-7-6-8-12-18/h6-9,11-14,17,22H,4-5,10,15-16H2,1-3H3,(H,27,30). The van der Waals surface area contributed by atoms with E-state index in [1.165, 1.54) is 0 Å². The zero-order valence-electron chi connectivity index (χ0n) is 17.8. The molecule has 2 aromatic carbocycles. The minimum Gasteiger partial charge on any atom is -0.352 e. The monoisotopic (exact) mass is 448 g/mol. The molecule has 2 unspecified atom stereocenters. The number of hydrogen-bond donors (Lipinski definition) is 1. The van der Waals surface area contributed by atoms with Gasteiger partial charge in [0.15, 0.2) is 0 Å². The van der Waals surface area contributed by atoms with E-state index in [2.05, 4.69) is 5.32 Å². The topological polar surface area (TPSA) is 49.4 Å². The van der Waals surface area contributed by atoms with Crippen LogP contribution in [0.1, 0.15) is 51.2 Å². The molecule has 0 bridgehead atoms. The summed E-state index contributed by atoms with van der Waals surface area (Å²) in [5.41, 5.74) is 1.64. The van der Waals surface area contributed by atoms with Gasteiger partial charge in [-0.1, -0.05) is 73.4 Å². The van der Waals surface area contributed by atoms with Gasteiger partial charge in [-0.15, -0.1) is 0 Å². The molecular formula is C24H30Cl2N2O2. The third-order valence-electron chi connectivity index (χ3n) is 5.13. The van der Waals surface area contributed by atoms with Crippen LogP contribution in [0.2, 0.25) is 10.0 Å². The first-order valence-electron chi connectivity index (χ1n) is 10.4. The van der Waals surface area contributed by atoms with E-state index in [0.717, 1.165) is 12.0 Å². The van der Waals surface area contributed by atoms with Crippen molar-refractivity contribution < 1.29 is 9.59 Å². The van der Waals surface area contributed by atoms with Crippen LogP contribution in [0, 0.1) is 0 Å². The summed E-state index contributed by atoms with van der Waals surface area (Å²) in [5.74, 6) is -0.255.